The predicted molar refractivity (Wildman–Crippen MR) is 105 cm³/mol. The van der Waals surface area contributed by atoms with Crippen molar-refractivity contribution in [2.75, 3.05) is 20.8 Å². The van der Waals surface area contributed by atoms with Crippen LogP contribution in [0, 0.1) is 6.92 Å². The van der Waals surface area contributed by atoms with E-state index in [1.54, 1.807) is 14.2 Å². The molecule has 6 nitrogen and oxygen atoms in total. The number of hydrogen-bond acceptors (Lipinski definition) is 4. The van der Waals surface area contributed by atoms with Crippen LogP contribution in [0.3, 0.4) is 0 Å². The molecule has 0 bridgehead atoms. The Labute approximate surface area is 159 Å². The zero-order valence-corrected chi connectivity index (χ0v) is 16.0. The first-order valence-electron chi connectivity index (χ1n) is 9.02. The third-order valence-corrected chi connectivity index (χ3v) is 4.61. The van der Waals surface area contributed by atoms with Crippen molar-refractivity contribution >= 4 is 16.9 Å². The van der Waals surface area contributed by atoms with Gasteiger partial charge >= 0.3 is 0 Å². The van der Waals surface area contributed by atoms with Gasteiger partial charge in [0.15, 0.2) is 11.5 Å². The molecule has 0 saturated heterocycles. The summed E-state index contributed by atoms with van der Waals surface area (Å²) in [6, 6.07) is 13.7. The zero-order chi connectivity index (χ0) is 19.2. The van der Waals surface area contributed by atoms with Gasteiger partial charge in [-0.05, 0) is 37.1 Å². The van der Waals surface area contributed by atoms with E-state index in [4.69, 9.17) is 9.47 Å². The first-order chi connectivity index (χ1) is 13.1. The van der Waals surface area contributed by atoms with E-state index in [2.05, 4.69) is 14.9 Å². The van der Waals surface area contributed by atoms with E-state index in [0.717, 1.165) is 22.4 Å². The highest BCUT2D eigenvalue weighted by atomic mass is 16.5. The third-order valence-electron chi connectivity index (χ3n) is 4.61. The fraction of sp³-hybridized carbons (Fsp3) is 0.333. The Kier molecular flexibility index (Phi) is 5.96. The van der Waals surface area contributed by atoms with Gasteiger partial charge in [-0.25, -0.2) is 4.98 Å². The molecule has 0 unspecified atom stereocenters. The van der Waals surface area contributed by atoms with Crippen LogP contribution in [-0.4, -0.2) is 36.2 Å². The number of methoxy groups -OCH3 is 2. The summed E-state index contributed by atoms with van der Waals surface area (Å²) in [5.41, 5.74) is 3.03. The minimum Gasteiger partial charge on any atom is -0.493 e. The molecule has 6 heteroatoms. The molecule has 3 rings (SSSR count). The SMILES string of the molecule is COc1cccc(CCC(=O)NCCn2c(C)nc3ccccc32)c1OC. The summed E-state index contributed by atoms with van der Waals surface area (Å²) in [6.45, 7) is 3.24. The number of para-hydroxylation sites is 3. The van der Waals surface area contributed by atoms with Gasteiger partial charge in [-0.2, -0.15) is 0 Å². The molecule has 142 valence electrons. The monoisotopic (exact) mass is 367 g/mol. The van der Waals surface area contributed by atoms with Crippen molar-refractivity contribution in [2.24, 2.45) is 0 Å². The molecule has 0 radical (unpaired) electrons. The second-order valence-electron chi connectivity index (χ2n) is 6.30. The summed E-state index contributed by atoms with van der Waals surface area (Å²) in [7, 11) is 3.22. The molecule has 2 aromatic carbocycles. The molecule has 0 saturated carbocycles. The lowest BCUT2D eigenvalue weighted by Crippen LogP contribution is -2.27. The van der Waals surface area contributed by atoms with Gasteiger partial charge in [-0.15, -0.1) is 0 Å². The number of imidazole rings is 1. The Hall–Kier alpha value is -3.02. The minimum absolute atomic E-state index is 0.0157. The van der Waals surface area contributed by atoms with Crippen molar-refractivity contribution in [1.82, 2.24) is 14.9 Å². The number of amides is 1. The van der Waals surface area contributed by atoms with Gasteiger partial charge in [0.1, 0.15) is 5.82 Å². The summed E-state index contributed by atoms with van der Waals surface area (Å²) < 4.78 is 12.8. The second kappa shape index (κ2) is 8.58. The Morgan fingerprint density at radius 1 is 1.11 bits per heavy atom. The number of nitrogens with zero attached hydrogens (tertiary/aromatic N) is 2. The zero-order valence-electron chi connectivity index (χ0n) is 16.0. The lowest BCUT2D eigenvalue weighted by Gasteiger charge is -2.12. The number of benzene rings is 2. The second-order valence-corrected chi connectivity index (χ2v) is 6.30. The third kappa shape index (κ3) is 4.22. The van der Waals surface area contributed by atoms with Crippen LogP contribution < -0.4 is 14.8 Å². The number of aryl methyl sites for hydroxylation is 2. The van der Waals surface area contributed by atoms with E-state index in [1.807, 2.05) is 49.4 Å². The molecule has 3 aromatic rings. The van der Waals surface area contributed by atoms with Crippen LogP contribution in [0.5, 0.6) is 11.5 Å². The first kappa shape index (κ1) is 18.8. The molecule has 0 aliphatic heterocycles. The number of carbonyl (C=O) groups excluding carboxylic acids is 1. The Balaban J connectivity index is 1.54. The summed E-state index contributed by atoms with van der Waals surface area (Å²) in [5, 5.41) is 2.99. The number of aromatic nitrogens is 2. The van der Waals surface area contributed by atoms with Gasteiger partial charge in [0.2, 0.25) is 5.91 Å². The number of hydrogen-bond donors (Lipinski definition) is 1. The van der Waals surface area contributed by atoms with E-state index < -0.39 is 0 Å². The maximum Gasteiger partial charge on any atom is 0.220 e. The number of carbonyl (C=O) groups is 1. The van der Waals surface area contributed by atoms with Crippen molar-refractivity contribution in [3.8, 4) is 11.5 Å². The normalized spacial score (nSPS) is 10.8. The lowest BCUT2D eigenvalue weighted by molar-refractivity contribution is -0.121. The molecule has 0 spiro atoms. The van der Waals surface area contributed by atoms with Crippen LogP contribution in [0.15, 0.2) is 42.5 Å². The summed E-state index contributed by atoms with van der Waals surface area (Å²) in [4.78, 5) is 16.8. The standard InChI is InChI=1S/C21H25N3O3/c1-15-23-17-8-4-5-9-18(17)24(15)14-13-22-20(25)12-11-16-7-6-10-19(26-2)21(16)27-3/h4-10H,11-14H2,1-3H3,(H,22,25). The Morgan fingerprint density at radius 2 is 1.93 bits per heavy atom. The highest BCUT2D eigenvalue weighted by molar-refractivity contribution is 5.77. The van der Waals surface area contributed by atoms with Crippen LogP contribution in [0.25, 0.3) is 11.0 Å². The minimum atomic E-state index is 0.0157. The van der Waals surface area contributed by atoms with E-state index >= 15 is 0 Å². The van der Waals surface area contributed by atoms with Crippen LogP contribution in [0.1, 0.15) is 17.8 Å². The fourth-order valence-corrected chi connectivity index (χ4v) is 3.27. The molecule has 1 N–H and O–H groups in total. The molecular weight excluding hydrogens is 342 g/mol. The van der Waals surface area contributed by atoms with Crippen LogP contribution in [-0.2, 0) is 17.8 Å². The maximum absolute atomic E-state index is 12.2. The number of rotatable bonds is 8. The number of nitrogens with one attached hydrogen (secondary N) is 1. The van der Waals surface area contributed by atoms with Gasteiger partial charge in [0, 0.05) is 19.5 Å². The summed E-state index contributed by atoms with van der Waals surface area (Å²) >= 11 is 0. The highest BCUT2D eigenvalue weighted by Crippen LogP contribution is 2.31. The topological polar surface area (TPSA) is 65.4 Å². The first-order valence-corrected chi connectivity index (χ1v) is 9.02. The smallest absolute Gasteiger partial charge is 0.220 e. The number of ether oxygens (including phenoxy) is 2. The van der Waals surface area contributed by atoms with E-state index in [-0.39, 0.29) is 5.91 Å². The predicted octanol–water partition coefficient (Wildman–Crippen LogP) is 3.11. The molecular formula is C21H25N3O3. The van der Waals surface area contributed by atoms with Gasteiger partial charge in [0.25, 0.3) is 0 Å². The molecule has 0 aliphatic carbocycles. The van der Waals surface area contributed by atoms with E-state index in [9.17, 15) is 4.79 Å². The fourth-order valence-electron chi connectivity index (χ4n) is 3.27. The quantitative estimate of drug-likeness (QED) is 0.664. The highest BCUT2D eigenvalue weighted by Gasteiger charge is 2.11. The van der Waals surface area contributed by atoms with Crippen LogP contribution in [0.2, 0.25) is 0 Å². The molecule has 1 aromatic heterocycles. The molecule has 0 atom stereocenters. The average Bonchev–Trinajstić information content (AvgIpc) is 3.01. The van der Waals surface area contributed by atoms with E-state index in [1.165, 1.54) is 0 Å². The Morgan fingerprint density at radius 3 is 2.70 bits per heavy atom. The largest absolute Gasteiger partial charge is 0.493 e. The van der Waals surface area contributed by atoms with Crippen molar-refractivity contribution in [3.63, 3.8) is 0 Å². The van der Waals surface area contributed by atoms with Crippen molar-refractivity contribution in [3.05, 3.63) is 53.9 Å². The van der Waals surface area contributed by atoms with Crippen LogP contribution in [0.4, 0.5) is 0 Å². The molecule has 0 aliphatic rings. The molecule has 1 heterocycles. The van der Waals surface area contributed by atoms with Gasteiger partial charge in [-0.1, -0.05) is 24.3 Å². The molecule has 27 heavy (non-hydrogen) atoms. The molecule has 0 fully saturated rings. The van der Waals surface area contributed by atoms with Gasteiger partial charge < -0.3 is 19.4 Å². The van der Waals surface area contributed by atoms with Gasteiger partial charge in [-0.3, -0.25) is 4.79 Å². The van der Waals surface area contributed by atoms with Crippen molar-refractivity contribution < 1.29 is 14.3 Å². The lowest BCUT2D eigenvalue weighted by atomic mass is 10.1. The van der Waals surface area contributed by atoms with Crippen molar-refractivity contribution in [1.29, 1.82) is 0 Å². The summed E-state index contributed by atoms with van der Waals surface area (Å²) in [5.74, 6) is 2.33. The van der Waals surface area contributed by atoms with Gasteiger partial charge in [0.05, 0.1) is 25.3 Å². The van der Waals surface area contributed by atoms with Crippen molar-refractivity contribution in [2.45, 2.75) is 26.3 Å². The average molecular weight is 367 g/mol. The summed E-state index contributed by atoms with van der Waals surface area (Å²) in [6.07, 6.45) is 0.992. The van der Waals surface area contributed by atoms with E-state index in [0.29, 0.717) is 37.4 Å². The maximum atomic E-state index is 12.2. The molecule has 1 amide bonds. The number of fused-ring (bicyclic) bond motifs is 1. The Bertz CT molecular complexity index is 934. The van der Waals surface area contributed by atoms with Crippen LogP contribution >= 0.6 is 0 Å².